The van der Waals surface area contributed by atoms with Crippen LogP contribution in [-0.4, -0.2) is 61.7 Å². The first-order valence-electron chi connectivity index (χ1n) is 17.0. The zero-order valence-electron chi connectivity index (χ0n) is 29.4. The number of carbonyl (C=O) groups is 2. The van der Waals surface area contributed by atoms with Gasteiger partial charge in [0.05, 0.1) is 50.1 Å². The van der Waals surface area contributed by atoms with E-state index in [1.54, 1.807) is 45.2 Å². The SMILES string of the molecule is COc1cc2c(c(OC)c1OC)-c1ccc(NCCCCCC(=O)N[C@H](CCSC)c3nc4ccccc4[nH]3)c(=O)cc1[C@H](NC(C)=O)CC2. The molecule has 1 aliphatic carbocycles. The van der Waals surface area contributed by atoms with E-state index in [1.807, 2.05) is 36.4 Å². The van der Waals surface area contributed by atoms with Crippen molar-refractivity contribution >= 4 is 40.3 Å². The van der Waals surface area contributed by atoms with Crippen molar-refractivity contribution in [3.05, 3.63) is 75.7 Å². The number of H-pyrrole nitrogens is 1. The van der Waals surface area contributed by atoms with Gasteiger partial charge in [0.2, 0.25) is 23.0 Å². The van der Waals surface area contributed by atoms with Gasteiger partial charge in [0.1, 0.15) is 5.82 Å². The second-order valence-corrected chi connectivity index (χ2v) is 13.4. The topological polar surface area (TPSA) is 144 Å². The largest absolute Gasteiger partial charge is 0.493 e. The number of unbranched alkanes of at least 4 members (excludes halogenated alkanes) is 2. The molecule has 0 saturated heterocycles. The normalized spacial score (nSPS) is 14.1. The molecule has 266 valence electrons. The predicted molar refractivity (Wildman–Crippen MR) is 200 cm³/mol. The lowest BCUT2D eigenvalue weighted by Gasteiger charge is -2.19. The maximum Gasteiger partial charge on any atom is 0.220 e. The van der Waals surface area contributed by atoms with Gasteiger partial charge in [-0.15, -0.1) is 0 Å². The van der Waals surface area contributed by atoms with Gasteiger partial charge in [0, 0.05) is 25.5 Å². The fourth-order valence-electron chi connectivity index (χ4n) is 6.58. The van der Waals surface area contributed by atoms with Crippen molar-refractivity contribution < 1.29 is 23.8 Å². The first-order chi connectivity index (χ1) is 24.3. The van der Waals surface area contributed by atoms with Gasteiger partial charge >= 0.3 is 0 Å². The number of nitrogens with one attached hydrogen (secondary N) is 4. The minimum atomic E-state index is -0.372. The van der Waals surface area contributed by atoms with Gasteiger partial charge in [-0.3, -0.25) is 14.4 Å². The Bertz CT molecular complexity index is 1850. The van der Waals surface area contributed by atoms with E-state index in [-0.39, 0.29) is 29.3 Å². The molecule has 4 aromatic rings. The molecular formula is C38H47N5O6S. The lowest BCUT2D eigenvalue weighted by atomic mass is 9.95. The van der Waals surface area contributed by atoms with Gasteiger partial charge < -0.3 is 35.1 Å². The van der Waals surface area contributed by atoms with Crippen LogP contribution < -0.4 is 35.6 Å². The highest BCUT2D eigenvalue weighted by Gasteiger charge is 2.29. The Balaban J connectivity index is 1.25. The van der Waals surface area contributed by atoms with Crippen LogP contribution in [0.25, 0.3) is 22.2 Å². The minimum absolute atomic E-state index is 0.00151. The summed E-state index contributed by atoms with van der Waals surface area (Å²) in [6, 6.07) is 14.6. The molecule has 12 heteroatoms. The van der Waals surface area contributed by atoms with Crippen LogP contribution in [0.15, 0.2) is 53.3 Å². The lowest BCUT2D eigenvalue weighted by molar-refractivity contribution is -0.122. The second kappa shape index (κ2) is 17.3. The number of ether oxygens (including phenoxy) is 3. The Morgan fingerprint density at radius 1 is 1.02 bits per heavy atom. The standard InChI is InChI=1S/C38H47N5O6S/c1-23(44)40-27-16-14-24-21-33(47-2)36(48-3)37(49-4)35(24)25-15-17-30(32(45)22-26(25)27)39-19-10-6-7-13-34(46)41-31(18-20-50-5)38-42-28-11-8-9-12-29(28)43-38/h8-9,11-12,15,17,21-22,27,31H,6-7,10,13-14,16,18-20H2,1-5H3,(H,39,45)(H,40,44)(H,41,46)(H,42,43)/t27-,31-/m1/s1. The number of carbonyl (C=O) groups excluding carboxylic acids is 2. The highest BCUT2D eigenvalue weighted by molar-refractivity contribution is 7.98. The molecule has 2 atom stereocenters. The van der Waals surface area contributed by atoms with Gasteiger partial charge in [0.15, 0.2) is 11.5 Å². The number of benzene rings is 2. The first-order valence-corrected chi connectivity index (χ1v) is 18.4. The van der Waals surface area contributed by atoms with Crippen molar-refractivity contribution in [2.24, 2.45) is 0 Å². The minimum Gasteiger partial charge on any atom is -0.493 e. The monoisotopic (exact) mass is 701 g/mol. The smallest absolute Gasteiger partial charge is 0.220 e. The molecule has 3 aromatic carbocycles. The molecule has 0 saturated carbocycles. The van der Waals surface area contributed by atoms with E-state index in [0.29, 0.717) is 54.3 Å². The summed E-state index contributed by atoms with van der Waals surface area (Å²) in [6.45, 7) is 2.05. The van der Waals surface area contributed by atoms with E-state index in [1.165, 1.54) is 6.92 Å². The fraction of sp³-hybridized carbons (Fsp3) is 0.421. The van der Waals surface area contributed by atoms with E-state index in [4.69, 9.17) is 19.2 Å². The first kappa shape index (κ1) is 36.6. The Morgan fingerprint density at radius 3 is 2.54 bits per heavy atom. The molecule has 4 N–H and O–H groups in total. The van der Waals surface area contributed by atoms with Crippen LogP contribution in [0.3, 0.4) is 0 Å². The molecule has 11 nitrogen and oxygen atoms in total. The summed E-state index contributed by atoms with van der Waals surface area (Å²) in [6.07, 6.45) is 6.81. The summed E-state index contributed by atoms with van der Waals surface area (Å²) in [5.41, 5.74) is 5.41. The van der Waals surface area contributed by atoms with Crippen LogP contribution in [0.5, 0.6) is 17.2 Å². The third-order valence-electron chi connectivity index (χ3n) is 9.00. The summed E-state index contributed by atoms with van der Waals surface area (Å²) < 4.78 is 17.2. The number of fused-ring (bicyclic) bond motifs is 4. The average Bonchev–Trinajstić information content (AvgIpc) is 3.41. The zero-order chi connectivity index (χ0) is 35.6. The molecule has 2 amide bonds. The highest BCUT2D eigenvalue weighted by Crippen LogP contribution is 2.50. The van der Waals surface area contributed by atoms with Crippen molar-refractivity contribution in [2.45, 2.75) is 64.0 Å². The summed E-state index contributed by atoms with van der Waals surface area (Å²) in [5.74, 6) is 3.04. The number of thioether (sulfide) groups is 1. The zero-order valence-corrected chi connectivity index (χ0v) is 30.3. The summed E-state index contributed by atoms with van der Waals surface area (Å²) >= 11 is 1.74. The summed E-state index contributed by atoms with van der Waals surface area (Å²) in [7, 11) is 4.72. The number of rotatable bonds is 16. The molecule has 50 heavy (non-hydrogen) atoms. The van der Waals surface area contributed by atoms with Crippen LogP contribution in [0.2, 0.25) is 0 Å². The third-order valence-corrected chi connectivity index (χ3v) is 9.64. The molecule has 0 radical (unpaired) electrons. The second-order valence-electron chi connectivity index (χ2n) is 12.4. The van der Waals surface area contributed by atoms with Crippen molar-refractivity contribution in [1.82, 2.24) is 20.6 Å². The quantitative estimate of drug-likeness (QED) is 0.0987. The number of aromatic nitrogens is 2. The van der Waals surface area contributed by atoms with Crippen molar-refractivity contribution in [3.63, 3.8) is 0 Å². The molecule has 0 unspecified atom stereocenters. The van der Waals surface area contributed by atoms with Crippen LogP contribution in [0, 0.1) is 0 Å². The molecule has 5 rings (SSSR count). The number of anilines is 1. The number of hydrogen-bond donors (Lipinski definition) is 4. The number of nitrogens with zero attached hydrogens (tertiary/aromatic N) is 1. The maximum absolute atomic E-state index is 13.6. The Labute approximate surface area is 297 Å². The molecule has 0 aliphatic heterocycles. The molecular weight excluding hydrogens is 655 g/mol. The van der Waals surface area contributed by atoms with Gasteiger partial charge in [-0.1, -0.05) is 24.6 Å². The van der Waals surface area contributed by atoms with Crippen molar-refractivity contribution in [2.75, 3.05) is 45.2 Å². The molecule has 0 spiro atoms. The number of aryl methyl sites for hydroxylation is 1. The summed E-state index contributed by atoms with van der Waals surface area (Å²) in [4.78, 5) is 46.8. The van der Waals surface area contributed by atoms with Gasteiger partial charge in [0.25, 0.3) is 0 Å². The number of amides is 2. The molecule has 1 heterocycles. The van der Waals surface area contributed by atoms with E-state index in [2.05, 4.69) is 27.2 Å². The van der Waals surface area contributed by atoms with Crippen LogP contribution in [-0.2, 0) is 16.0 Å². The maximum atomic E-state index is 13.6. The van der Waals surface area contributed by atoms with Crippen molar-refractivity contribution in [1.29, 1.82) is 0 Å². The van der Waals surface area contributed by atoms with Gasteiger partial charge in [-0.2, -0.15) is 11.8 Å². The number of methoxy groups -OCH3 is 3. The fourth-order valence-corrected chi connectivity index (χ4v) is 7.05. The number of hydrogen-bond acceptors (Lipinski definition) is 9. The third kappa shape index (κ3) is 8.53. The Morgan fingerprint density at radius 2 is 1.82 bits per heavy atom. The highest BCUT2D eigenvalue weighted by atomic mass is 32.2. The Kier molecular flexibility index (Phi) is 12.6. The average molecular weight is 702 g/mol. The number of para-hydroxylation sites is 2. The Hall–Kier alpha value is -4.71. The van der Waals surface area contributed by atoms with Crippen LogP contribution >= 0.6 is 11.8 Å². The molecule has 1 aliphatic rings. The van der Waals surface area contributed by atoms with E-state index in [0.717, 1.165) is 65.0 Å². The van der Waals surface area contributed by atoms with Crippen LogP contribution in [0.1, 0.15) is 74.5 Å². The van der Waals surface area contributed by atoms with E-state index >= 15 is 0 Å². The molecule has 0 bridgehead atoms. The predicted octanol–water partition coefficient (Wildman–Crippen LogP) is 6.32. The van der Waals surface area contributed by atoms with Gasteiger partial charge in [-0.05, 0) is 91.1 Å². The van der Waals surface area contributed by atoms with Gasteiger partial charge in [-0.25, -0.2) is 4.98 Å². The van der Waals surface area contributed by atoms with Crippen molar-refractivity contribution in [3.8, 4) is 28.4 Å². The van der Waals surface area contributed by atoms with E-state index < -0.39 is 0 Å². The van der Waals surface area contributed by atoms with E-state index in [9.17, 15) is 14.4 Å². The van der Waals surface area contributed by atoms with Crippen LogP contribution in [0.4, 0.5) is 5.69 Å². The molecule has 0 fully saturated rings. The number of aromatic amines is 1. The summed E-state index contributed by atoms with van der Waals surface area (Å²) in [5, 5.41) is 9.53. The molecule has 1 aromatic heterocycles. The number of imidazole rings is 1. The lowest BCUT2D eigenvalue weighted by Crippen LogP contribution is -2.29.